The fourth-order valence-electron chi connectivity index (χ4n) is 1.64. The summed E-state index contributed by atoms with van der Waals surface area (Å²) >= 11 is 0. The minimum atomic E-state index is -4.63. The van der Waals surface area contributed by atoms with E-state index in [4.69, 9.17) is 0 Å². The molecule has 0 aliphatic rings. The monoisotopic (exact) mass is 261 g/mol. The molecule has 102 valence electrons. The maximum atomic E-state index is 12.0. The van der Waals surface area contributed by atoms with Crippen LogP contribution >= 0.6 is 0 Å². The first kappa shape index (κ1) is 14.8. The quantitative estimate of drug-likeness (QED) is 0.846. The Morgan fingerprint density at radius 3 is 2.33 bits per heavy atom. The zero-order valence-electron chi connectivity index (χ0n) is 10.6. The van der Waals surface area contributed by atoms with E-state index in [1.165, 1.54) is 12.1 Å². The zero-order valence-corrected chi connectivity index (χ0v) is 10.6. The van der Waals surface area contributed by atoms with Gasteiger partial charge in [-0.25, -0.2) is 0 Å². The maximum absolute atomic E-state index is 12.0. The van der Waals surface area contributed by atoms with Gasteiger partial charge in [0.15, 0.2) is 0 Å². The second-order valence-corrected chi connectivity index (χ2v) is 4.25. The maximum Gasteiger partial charge on any atom is 0.573 e. The predicted octanol–water partition coefficient (Wildman–Crippen LogP) is 3.52. The van der Waals surface area contributed by atoms with Crippen LogP contribution in [0, 0.1) is 0 Å². The van der Waals surface area contributed by atoms with Crippen LogP contribution in [0.3, 0.4) is 0 Å². The highest BCUT2D eigenvalue weighted by atomic mass is 19.4. The topological polar surface area (TPSA) is 21.3 Å². The average Bonchev–Trinajstić information content (AvgIpc) is 2.27. The van der Waals surface area contributed by atoms with Crippen LogP contribution in [0.5, 0.6) is 5.75 Å². The van der Waals surface area contributed by atoms with Crippen molar-refractivity contribution >= 4 is 0 Å². The van der Waals surface area contributed by atoms with Crippen molar-refractivity contribution < 1.29 is 17.9 Å². The van der Waals surface area contributed by atoms with Gasteiger partial charge < -0.3 is 10.1 Å². The molecule has 0 radical (unpaired) electrons. The van der Waals surface area contributed by atoms with Crippen molar-refractivity contribution in [2.45, 2.75) is 39.1 Å². The summed E-state index contributed by atoms with van der Waals surface area (Å²) in [5, 5.41) is 3.32. The standard InChI is InChI=1S/C13H18F3NO/c1-3-8-17-10(2)9-11-4-6-12(7-5-11)18-13(14,15)16/h4-7,10,17H,3,8-9H2,1-2H3. The Labute approximate surface area is 105 Å². The lowest BCUT2D eigenvalue weighted by molar-refractivity contribution is -0.274. The molecule has 1 N–H and O–H groups in total. The molecule has 1 aromatic rings. The SMILES string of the molecule is CCCNC(C)Cc1ccc(OC(F)(F)F)cc1. The lowest BCUT2D eigenvalue weighted by Crippen LogP contribution is -2.28. The molecule has 0 saturated heterocycles. The molecule has 0 aliphatic carbocycles. The Hall–Kier alpha value is -1.23. The molecule has 5 heteroatoms. The van der Waals surface area contributed by atoms with E-state index in [0.717, 1.165) is 24.9 Å². The lowest BCUT2D eigenvalue weighted by Gasteiger charge is -2.14. The highest BCUT2D eigenvalue weighted by Gasteiger charge is 2.30. The fourth-order valence-corrected chi connectivity index (χ4v) is 1.64. The van der Waals surface area contributed by atoms with Crippen molar-refractivity contribution in [3.63, 3.8) is 0 Å². The largest absolute Gasteiger partial charge is 0.573 e. The van der Waals surface area contributed by atoms with E-state index < -0.39 is 6.36 Å². The Morgan fingerprint density at radius 1 is 1.22 bits per heavy atom. The fraction of sp³-hybridized carbons (Fsp3) is 0.538. The van der Waals surface area contributed by atoms with Gasteiger partial charge in [0.2, 0.25) is 0 Å². The van der Waals surface area contributed by atoms with E-state index in [1.807, 2.05) is 0 Å². The Kier molecular flexibility index (Phi) is 5.47. The molecular formula is C13H18F3NO. The van der Waals surface area contributed by atoms with Crippen molar-refractivity contribution in [2.75, 3.05) is 6.54 Å². The molecule has 1 unspecified atom stereocenters. The van der Waals surface area contributed by atoms with Crippen LogP contribution in [-0.2, 0) is 6.42 Å². The molecule has 2 nitrogen and oxygen atoms in total. The first-order valence-corrected chi connectivity index (χ1v) is 5.99. The summed E-state index contributed by atoms with van der Waals surface area (Å²) in [5.74, 6) is -0.180. The third-order valence-corrected chi connectivity index (χ3v) is 2.44. The number of benzene rings is 1. The van der Waals surface area contributed by atoms with Crippen molar-refractivity contribution in [1.82, 2.24) is 5.32 Å². The number of rotatable bonds is 6. The smallest absolute Gasteiger partial charge is 0.406 e. The molecule has 0 spiro atoms. The third kappa shape index (κ3) is 5.91. The van der Waals surface area contributed by atoms with Gasteiger partial charge in [0.1, 0.15) is 5.75 Å². The Morgan fingerprint density at radius 2 is 1.83 bits per heavy atom. The molecule has 0 aliphatic heterocycles. The van der Waals surface area contributed by atoms with Crippen molar-refractivity contribution in [3.05, 3.63) is 29.8 Å². The highest BCUT2D eigenvalue weighted by molar-refractivity contribution is 5.27. The van der Waals surface area contributed by atoms with Gasteiger partial charge in [-0.15, -0.1) is 13.2 Å². The van der Waals surface area contributed by atoms with Gasteiger partial charge in [0, 0.05) is 6.04 Å². The molecule has 0 saturated carbocycles. The van der Waals surface area contributed by atoms with Crippen LogP contribution in [0.15, 0.2) is 24.3 Å². The summed E-state index contributed by atoms with van der Waals surface area (Å²) in [7, 11) is 0. The van der Waals surface area contributed by atoms with E-state index in [-0.39, 0.29) is 5.75 Å². The van der Waals surface area contributed by atoms with Crippen LogP contribution in [-0.4, -0.2) is 18.9 Å². The highest BCUT2D eigenvalue weighted by Crippen LogP contribution is 2.22. The van der Waals surface area contributed by atoms with E-state index >= 15 is 0 Å². The number of halogens is 3. The van der Waals surface area contributed by atoms with Gasteiger partial charge in [-0.3, -0.25) is 0 Å². The van der Waals surface area contributed by atoms with Gasteiger partial charge in [0.05, 0.1) is 0 Å². The molecule has 0 heterocycles. The molecule has 0 aromatic heterocycles. The number of hydrogen-bond donors (Lipinski definition) is 1. The van der Waals surface area contributed by atoms with Crippen molar-refractivity contribution in [3.8, 4) is 5.75 Å². The van der Waals surface area contributed by atoms with Crippen LogP contribution in [0.1, 0.15) is 25.8 Å². The van der Waals surface area contributed by atoms with E-state index in [0.29, 0.717) is 6.04 Å². The number of nitrogens with one attached hydrogen (secondary N) is 1. The van der Waals surface area contributed by atoms with Crippen LogP contribution in [0.25, 0.3) is 0 Å². The molecule has 0 fully saturated rings. The average molecular weight is 261 g/mol. The lowest BCUT2D eigenvalue weighted by atomic mass is 10.1. The molecule has 1 atom stereocenters. The first-order chi connectivity index (χ1) is 8.40. The number of hydrogen-bond acceptors (Lipinski definition) is 2. The summed E-state index contributed by atoms with van der Waals surface area (Å²) in [6.45, 7) is 5.08. The zero-order chi connectivity index (χ0) is 13.6. The third-order valence-electron chi connectivity index (χ3n) is 2.44. The minimum absolute atomic E-state index is 0.180. The van der Waals surface area contributed by atoms with Gasteiger partial charge in [-0.05, 0) is 44.0 Å². The van der Waals surface area contributed by atoms with Gasteiger partial charge in [0.25, 0.3) is 0 Å². The van der Waals surface area contributed by atoms with Crippen LogP contribution in [0.2, 0.25) is 0 Å². The van der Waals surface area contributed by atoms with E-state index in [1.54, 1.807) is 12.1 Å². The van der Waals surface area contributed by atoms with Crippen LogP contribution in [0.4, 0.5) is 13.2 Å². The Bertz CT molecular complexity index is 348. The molecule has 1 rings (SSSR count). The van der Waals surface area contributed by atoms with E-state index in [2.05, 4.69) is 23.9 Å². The number of ether oxygens (including phenoxy) is 1. The summed E-state index contributed by atoms with van der Waals surface area (Å²) in [4.78, 5) is 0. The second kappa shape index (κ2) is 6.64. The Balaban J connectivity index is 2.50. The predicted molar refractivity (Wildman–Crippen MR) is 64.6 cm³/mol. The number of alkyl halides is 3. The van der Waals surface area contributed by atoms with Gasteiger partial charge >= 0.3 is 6.36 Å². The first-order valence-electron chi connectivity index (χ1n) is 5.99. The summed E-state index contributed by atoms with van der Waals surface area (Å²) in [5.41, 5.74) is 0.987. The van der Waals surface area contributed by atoms with Gasteiger partial charge in [-0.2, -0.15) is 0 Å². The molecule has 18 heavy (non-hydrogen) atoms. The molecule has 1 aromatic carbocycles. The summed E-state index contributed by atoms with van der Waals surface area (Å²) in [6.07, 6.45) is -2.79. The van der Waals surface area contributed by atoms with E-state index in [9.17, 15) is 13.2 Å². The normalized spacial score (nSPS) is 13.4. The molecule has 0 amide bonds. The summed E-state index contributed by atoms with van der Waals surface area (Å²) < 4.78 is 39.7. The van der Waals surface area contributed by atoms with Crippen molar-refractivity contribution in [2.24, 2.45) is 0 Å². The summed E-state index contributed by atoms with van der Waals surface area (Å²) in [6, 6.07) is 6.31. The van der Waals surface area contributed by atoms with Crippen LogP contribution < -0.4 is 10.1 Å². The molecule has 0 bridgehead atoms. The second-order valence-electron chi connectivity index (χ2n) is 4.25. The van der Waals surface area contributed by atoms with Crippen molar-refractivity contribution in [1.29, 1.82) is 0 Å². The molecular weight excluding hydrogens is 243 g/mol. The van der Waals surface area contributed by atoms with Gasteiger partial charge in [-0.1, -0.05) is 19.1 Å². The minimum Gasteiger partial charge on any atom is -0.406 e.